The number of carboxylic acid groups (broad SMARTS) is 1. The van der Waals surface area contributed by atoms with Crippen LogP contribution in [0.2, 0.25) is 0 Å². The van der Waals surface area contributed by atoms with Crippen molar-refractivity contribution >= 4 is 31.4 Å². The lowest BCUT2D eigenvalue weighted by Gasteiger charge is -2.20. The third-order valence-corrected chi connectivity index (χ3v) is 9.80. The first-order chi connectivity index (χ1) is 16.5. The Labute approximate surface area is 203 Å². The Morgan fingerprint density at radius 1 is 0.857 bits per heavy atom. The molecule has 0 fully saturated rings. The summed E-state index contributed by atoms with van der Waals surface area (Å²) in [7, 11) is -8.91. The molecule has 0 spiro atoms. The number of oxime groups is 1. The van der Waals surface area contributed by atoms with Crippen molar-refractivity contribution in [2.75, 3.05) is 0 Å². The van der Waals surface area contributed by atoms with Crippen LogP contribution in [0.4, 0.5) is 0 Å². The lowest BCUT2D eigenvalue weighted by molar-refractivity contribution is 0.0362. The normalized spacial score (nSPS) is 17.8. The maximum Gasteiger partial charge on any atom is 0.335 e. The number of benzene rings is 3. The third kappa shape index (κ3) is 4.89. The summed E-state index contributed by atoms with van der Waals surface area (Å²) in [5, 5.41) is 13.1. The van der Waals surface area contributed by atoms with Crippen LogP contribution in [0.25, 0.3) is 0 Å². The Balaban J connectivity index is 1.78. The number of nitrogens with zero attached hydrogens (tertiary/aromatic N) is 1. The highest BCUT2D eigenvalue weighted by Crippen LogP contribution is 2.35. The summed E-state index contributed by atoms with van der Waals surface area (Å²) >= 11 is 0. The number of carbonyl (C=O) groups is 1. The average molecular weight is 512 g/mol. The molecule has 1 atom stereocenters. The number of hydrogen-bond acceptors (Lipinski definition) is 7. The van der Waals surface area contributed by atoms with E-state index in [1.165, 1.54) is 67.6 Å². The second kappa shape index (κ2) is 9.12. The Bertz CT molecular complexity index is 1460. The number of aromatic carboxylic acids is 1. The van der Waals surface area contributed by atoms with Crippen LogP contribution >= 0.6 is 0 Å². The summed E-state index contributed by atoms with van der Waals surface area (Å²) in [4.78, 5) is 16.3. The summed E-state index contributed by atoms with van der Waals surface area (Å²) in [6.45, 7) is 1.54. The van der Waals surface area contributed by atoms with Gasteiger partial charge in [-0.2, -0.15) is 0 Å². The zero-order valence-electron chi connectivity index (χ0n) is 18.5. The molecule has 0 radical (unpaired) electrons. The molecule has 0 saturated heterocycles. The fourth-order valence-electron chi connectivity index (χ4n) is 3.57. The lowest BCUT2D eigenvalue weighted by Crippen LogP contribution is -2.26. The van der Waals surface area contributed by atoms with Crippen LogP contribution in [-0.2, 0) is 24.5 Å². The van der Waals surface area contributed by atoms with Crippen molar-refractivity contribution in [3.8, 4) is 0 Å². The van der Waals surface area contributed by atoms with E-state index in [-0.39, 0.29) is 21.8 Å². The van der Waals surface area contributed by atoms with Crippen molar-refractivity contribution in [1.82, 2.24) is 0 Å². The maximum atomic E-state index is 13.5. The fourth-order valence-corrected chi connectivity index (χ4v) is 7.61. The molecule has 3 aromatic rings. The topological polar surface area (TPSA) is 127 Å². The molecule has 1 heterocycles. The molecule has 4 rings (SSSR count). The van der Waals surface area contributed by atoms with Crippen LogP contribution in [0, 0.1) is 0 Å². The van der Waals surface area contributed by atoms with Crippen molar-refractivity contribution < 1.29 is 31.6 Å². The van der Waals surface area contributed by atoms with Gasteiger partial charge in [-0.15, -0.1) is 0 Å². The van der Waals surface area contributed by atoms with E-state index in [2.05, 4.69) is 5.16 Å². The van der Waals surface area contributed by atoms with Gasteiger partial charge in [0, 0.05) is 6.42 Å². The second-order valence-corrected chi connectivity index (χ2v) is 12.2. The van der Waals surface area contributed by atoms with Crippen molar-refractivity contribution in [2.45, 2.75) is 28.7 Å². The molecule has 1 N–H and O–H groups in total. The number of rotatable bonds is 7. The minimum atomic E-state index is -4.45. The number of carboxylic acids is 1. The first kappa shape index (κ1) is 24.4. The van der Waals surface area contributed by atoms with Gasteiger partial charge in [-0.25, -0.2) is 21.6 Å². The van der Waals surface area contributed by atoms with E-state index in [1.807, 2.05) is 0 Å². The minimum Gasteiger partial charge on any atom is -0.478 e. The highest BCUT2D eigenvalue weighted by molar-refractivity contribution is 8.14. The molecule has 0 aliphatic carbocycles. The predicted octanol–water partition coefficient (Wildman–Crippen LogP) is 4.06. The van der Waals surface area contributed by atoms with E-state index in [0.29, 0.717) is 11.3 Å². The Morgan fingerprint density at radius 3 is 1.80 bits per heavy atom. The van der Waals surface area contributed by atoms with Crippen molar-refractivity contribution in [3.63, 3.8) is 0 Å². The van der Waals surface area contributed by atoms with Gasteiger partial charge in [-0.05, 0) is 55.0 Å². The van der Waals surface area contributed by atoms with Crippen LogP contribution in [0.15, 0.2) is 110 Å². The molecular weight excluding hydrogens is 490 g/mol. The van der Waals surface area contributed by atoms with Crippen LogP contribution < -0.4 is 0 Å². The molecule has 1 aliphatic heterocycles. The Morgan fingerprint density at radius 2 is 1.34 bits per heavy atom. The van der Waals surface area contributed by atoms with Gasteiger partial charge in [0.25, 0.3) is 0 Å². The highest BCUT2D eigenvalue weighted by Gasteiger charge is 2.40. The third-order valence-electron chi connectivity index (χ3n) is 5.41. The van der Waals surface area contributed by atoms with Crippen molar-refractivity contribution in [1.29, 1.82) is 0 Å². The van der Waals surface area contributed by atoms with E-state index < -0.39 is 35.5 Å². The summed E-state index contributed by atoms with van der Waals surface area (Å²) in [6.07, 6.45) is 1.15. The first-order valence-corrected chi connectivity index (χ1v) is 13.4. The van der Waals surface area contributed by atoms with Crippen LogP contribution in [-0.4, -0.2) is 39.2 Å². The Kier molecular flexibility index (Phi) is 6.35. The van der Waals surface area contributed by atoms with E-state index in [1.54, 1.807) is 24.3 Å². The highest BCUT2D eigenvalue weighted by atomic mass is 32.3. The second-order valence-electron chi connectivity index (χ2n) is 8.10. The summed E-state index contributed by atoms with van der Waals surface area (Å²) in [5.41, 5.74) is -0.291. The van der Waals surface area contributed by atoms with Crippen LogP contribution in [0.3, 0.4) is 0 Å². The summed E-state index contributed by atoms with van der Waals surface area (Å²) in [5.74, 6) is -1.07. The smallest absolute Gasteiger partial charge is 0.335 e. The van der Waals surface area contributed by atoms with Gasteiger partial charge in [0.1, 0.15) is 0 Å². The first-order valence-electron chi connectivity index (χ1n) is 10.4. The summed E-state index contributed by atoms with van der Waals surface area (Å²) < 4.78 is 53.4. The number of hydrogen-bond donors (Lipinski definition) is 1. The van der Waals surface area contributed by atoms with Crippen molar-refractivity contribution in [2.24, 2.45) is 5.16 Å². The molecule has 35 heavy (non-hydrogen) atoms. The molecule has 10 heteroatoms. The molecule has 0 saturated carbocycles. The largest absolute Gasteiger partial charge is 0.478 e. The molecule has 0 bridgehead atoms. The molecule has 0 amide bonds. The predicted molar refractivity (Wildman–Crippen MR) is 129 cm³/mol. The number of sulfone groups is 2. The van der Waals surface area contributed by atoms with Gasteiger partial charge >= 0.3 is 5.97 Å². The van der Waals surface area contributed by atoms with Gasteiger partial charge in [-0.1, -0.05) is 53.7 Å². The zero-order chi connectivity index (χ0) is 25.3. The van der Waals surface area contributed by atoms with E-state index >= 15 is 0 Å². The van der Waals surface area contributed by atoms with Gasteiger partial charge in [0.05, 0.1) is 21.1 Å². The quantitative estimate of drug-likeness (QED) is 0.507. The molecule has 8 nitrogen and oxygen atoms in total. The summed E-state index contributed by atoms with van der Waals surface area (Å²) in [6, 6.07) is 20.6. The van der Waals surface area contributed by atoms with Crippen LogP contribution in [0.5, 0.6) is 0 Å². The molecule has 0 aromatic heterocycles. The van der Waals surface area contributed by atoms with Crippen molar-refractivity contribution in [3.05, 3.63) is 106 Å². The molecule has 1 unspecified atom stereocenters. The van der Waals surface area contributed by atoms with E-state index in [0.717, 1.165) is 6.08 Å². The molecule has 3 aromatic carbocycles. The monoisotopic (exact) mass is 511 g/mol. The van der Waals surface area contributed by atoms with E-state index in [4.69, 9.17) is 9.94 Å². The molecule has 180 valence electrons. The SMILES string of the molecule is CC1(C=C(S(=O)(=O)c2ccccc2)S(=O)(=O)c2ccccc2)CC(c2ccc(C(=O)O)cc2)=NO1. The fraction of sp³-hybridized carbons (Fsp3) is 0.120. The van der Waals surface area contributed by atoms with E-state index in [9.17, 15) is 21.6 Å². The lowest BCUT2D eigenvalue weighted by atomic mass is 9.96. The maximum absolute atomic E-state index is 13.5. The van der Waals surface area contributed by atoms with Gasteiger partial charge in [0.2, 0.25) is 19.7 Å². The van der Waals surface area contributed by atoms with Gasteiger partial charge in [0.15, 0.2) is 9.84 Å². The van der Waals surface area contributed by atoms with Crippen LogP contribution in [0.1, 0.15) is 29.3 Å². The molecule has 1 aliphatic rings. The van der Waals surface area contributed by atoms with Gasteiger partial charge in [-0.3, -0.25) is 0 Å². The Hall–Kier alpha value is -3.76. The standard InChI is InChI=1S/C25H21NO7S2/c1-25(16-22(26-33-25)18-12-14-19(15-13-18)24(27)28)17-23(34(29,30)20-8-4-2-5-9-20)35(31,32)21-10-6-3-7-11-21/h2-15,17H,16H2,1H3,(H,27,28). The average Bonchev–Trinajstić information content (AvgIpc) is 3.25. The zero-order valence-corrected chi connectivity index (χ0v) is 20.2. The molecular formula is C25H21NO7S2. The van der Waals surface area contributed by atoms with Gasteiger partial charge < -0.3 is 9.94 Å². The minimum absolute atomic E-state index is 0.0670.